The molecule has 100 valence electrons. The van der Waals surface area contributed by atoms with Crippen molar-refractivity contribution in [2.45, 2.75) is 38.1 Å². The maximum absolute atomic E-state index is 11.0. The van der Waals surface area contributed by atoms with Crippen molar-refractivity contribution in [3.8, 4) is 0 Å². The van der Waals surface area contributed by atoms with Gasteiger partial charge in [-0.3, -0.25) is 4.79 Å². The highest BCUT2D eigenvalue weighted by Gasteiger charge is 2.12. The maximum Gasteiger partial charge on any atom is 0.306 e. The molecule has 6 heteroatoms. The Morgan fingerprint density at radius 2 is 2.11 bits per heavy atom. The van der Waals surface area contributed by atoms with E-state index in [1.807, 2.05) is 20.8 Å². The highest BCUT2D eigenvalue weighted by Crippen LogP contribution is 2.25. The Hall–Kier alpha value is -1.30. The number of aromatic nitrogens is 2. The van der Waals surface area contributed by atoms with Crippen molar-refractivity contribution in [2.24, 2.45) is 0 Å². The quantitative estimate of drug-likeness (QED) is 0.501. The van der Waals surface area contributed by atoms with E-state index >= 15 is 0 Å². The van der Waals surface area contributed by atoms with Gasteiger partial charge in [0.1, 0.15) is 16.7 Å². The van der Waals surface area contributed by atoms with Crippen molar-refractivity contribution in [1.29, 1.82) is 0 Å². The highest BCUT2D eigenvalue weighted by atomic mass is 32.2. The molecule has 18 heavy (non-hydrogen) atoms. The van der Waals surface area contributed by atoms with E-state index in [9.17, 15) is 4.79 Å². The van der Waals surface area contributed by atoms with Crippen LogP contribution in [0.3, 0.4) is 0 Å². The van der Waals surface area contributed by atoms with Gasteiger partial charge in [0.2, 0.25) is 0 Å². The molecule has 1 heterocycles. The standard InChI is InChI=1S/C12H19N3O2S/c1-7(2)11-14-10(13)8(3)12(15-11)18-6-5-9(16)17-4/h7H,5-6H2,1-4H3,(H2,13,14,15). The molecule has 0 saturated carbocycles. The predicted octanol–water partition coefficient (Wildman–Crippen LogP) is 2.15. The van der Waals surface area contributed by atoms with Gasteiger partial charge in [0.15, 0.2) is 0 Å². The lowest BCUT2D eigenvalue weighted by atomic mass is 10.2. The van der Waals surface area contributed by atoms with Crippen LogP contribution in [0.2, 0.25) is 0 Å². The highest BCUT2D eigenvalue weighted by molar-refractivity contribution is 7.99. The number of carbonyl (C=O) groups excluding carboxylic acids is 1. The van der Waals surface area contributed by atoms with Gasteiger partial charge in [0.25, 0.3) is 0 Å². The van der Waals surface area contributed by atoms with Crippen LogP contribution in [0.1, 0.15) is 37.6 Å². The summed E-state index contributed by atoms with van der Waals surface area (Å²) in [6.07, 6.45) is 0.363. The maximum atomic E-state index is 11.0. The van der Waals surface area contributed by atoms with Crippen LogP contribution >= 0.6 is 11.8 Å². The lowest BCUT2D eigenvalue weighted by molar-refractivity contribution is -0.140. The number of ether oxygens (including phenoxy) is 1. The molecule has 0 amide bonds. The number of esters is 1. The Labute approximate surface area is 112 Å². The number of hydrogen-bond acceptors (Lipinski definition) is 6. The van der Waals surface area contributed by atoms with Crippen molar-refractivity contribution < 1.29 is 9.53 Å². The molecule has 2 N–H and O–H groups in total. The topological polar surface area (TPSA) is 78.1 Å². The molecule has 5 nitrogen and oxygen atoms in total. The molecule has 0 spiro atoms. The fourth-order valence-corrected chi connectivity index (χ4v) is 2.20. The molecule has 0 radical (unpaired) electrons. The van der Waals surface area contributed by atoms with E-state index in [1.165, 1.54) is 18.9 Å². The third kappa shape index (κ3) is 3.87. The Bertz CT molecular complexity index is 436. The number of methoxy groups -OCH3 is 1. The summed E-state index contributed by atoms with van der Waals surface area (Å²) in [6.45, 7) is 5.93. The second-order valence-corrected chi connectivity index (χ2v) is 5.31. The zero-order valence-corrected chi connectivity index (χ0v) is 12.0. The lowest BCUT2D eigenvalue weighted by Crippen LogP contribution is -2.07. The normalized spacial score (nSPS) is 10.7. The SMILES string of the molecule is COC(=O)CCSc1nc(C(C)C)nc(N)c1C. The van der Waals surface area contributed by atoms with E-state index in [-0.39, 0.29) is 11.9 Å². The molecule has 0 fully saturated rings. The number of nitrogens with zero attached hydrogens (tertiary/aromatic N) is 2. The second kappa shape index (κ2) is 6.58. The smallest absolute Gasteiger partial charge is 0.306 e. The van der Waals surface area contributed by atoms with Gasteiger partial charge in [-0.2, -0.15) is 0 Å². The molecule has 0 atom stereocenters. The summed E-state index contributed by atoms with van der Waals surface area (Å²) in [4.78, 5) is 19.8. The zero-order valence-electron chi connectivity index (χ0n) is 11.2. The lowest BCUT2D eigenvalue weighted by Gasteiger charge is -2.11. The Morgan fingerprint density at radius 1 is 1.44 bits per heavy atom. The number of hydrogen-bond donors (Lipinski definition) is 1. The molecule has 1 rings (SSSR count). The van der Waals surface area contributed by atoms with Gasteiger partial charge in [-0.05, 0) is 6.92 Å². The van der Waals surface area contributed by atoms with Gasteiger partial charge in [0.05, 0.1) is 13.5 Å². The molecule has 1 aromatic heterocycles. The summed E-state index contributed by atoms with van der Waals surface area (Å²) in [5.41, 5.74) is 6.73. The number of carbonyl (C=O) groups is 1. The Balaban J connectivity index is 2.78. The number of nitrogen functional groups attached to an aromatic ring is 1. The Kier molecular flexibility index (Phi) is 5.40. The minimum Gasteiger partial charge on any atom is -0.469 e. The summed E-state index contributed by atoms with van der Waals surface area (Å²) >= 11 is 1.50. The molecule has 0 aromatic carbocycles. The second-order valence-electron chi connectivity index (χ2n) is 4.23. The van der Waals surface area contributed by atoms with Crippen LogP contribution in [0.25, 0.3) is 0 Å². The first-order chi connectivity index (χ1) is 8.45. The van der Waals surface area contributed by atoms with Gasteiger partial charge in [-0.25, -0.2) is 9.97 Å². The third-order valence-electron chi connectivity index (χ3n) is 2.45. The van der Waals surface area contributed by atoms with Crippen LogP contribution in [0.5, 0.6) is 0 Å². The van der Waals surface area contributed by atoms with Crippen LogP contribution in [0, 0.1) is 6.92 Å². The van der Waals surface area contributed by atoms with Gasteiger partial charge in [0, 0.05) is 17.2 Å². The number of rotatable bonds is 5. The van der Waals surface area contributed by atoms with E-state index in [0.717, 1.165) is 16.4 Å². The first-order valence-electron chi connectivity index (χ1n) is 5.79. The predicted molar refractivity (Wildman–Crippen MR) is 72.6 cm³/mol. The summed E-state index contributed by atoms with van der Waals surface area (Å²) < 4.78 is 4.59. The van der Waals surface area contributed by atoms with Crippen LogP contribution in [-0.4, -0.2) is 28.8 Å². The zero-order chi connectivity index (χ0) is 13.7. The van der Waals surface area contributed by atoms with E-state index in [1.54, 1.807) is 0 Å². The third-order valence-corrected chi connectivity index (χ3v) is 3.52. The van der Waals surface area contributed by atoms with E-state index in [0.29, 0.717) is 18.0 Å². The van der Waals surface area contributed by atoms with Gasteiger partial charge >= 0.3 is 5.97 Å². The molecular weight excluding hydrogens is 250 g/mol. The van der Waals surface area contributed by atoms with Gasteiger partial charge < -0.3 is 10.5 Å². The van der Waals surface area contributed by atoms with Crippen LogP contribution in [-0.2, 0) is 9.53 Å². The molecule has 0 saturated heterocycles. The van der Waals surface area contributed by atoms with Crippen LogP contribution in [0.4, 0.5) is 5.82 Å². The van der Waals surface area contributed by atoms with Crippen molar-refractivity contribution in [3.05, 3.63) is 11.4 Å². The Morgan fingerprint density at radius 3 is 2.67 bits per heavy atom. The molecule has 1 aromatic rings. The van der Waals surface area contributed by atoms with Crippen LogP contribution in [0.15, 0.2) is 5.03 Å². The first kappa shape index (κ1) is 14.8. The van der Waals surface area contributed by atoms with E-state index in [4.69, 9.17) is 5.73 Å². The molecule has 0 unspecified atom stereocenters. The van der Waals surface area contributed by atoms with Crippen molar-refractivity contribution in [3.63, 3.8) is 0 Å². The van der Waals surface area contributed by atoms with Gasteiger partial charge in [-0.1, -0.05) is 13.8 Å². The average molecular weight is 269 g/mol. The number of thioether (sulfide) groups is 1. The largest absolute Gasteiger partial charge is 0.469 e. The number of nitrogens with two attached hydrogens (primary N) is 1. The van der Waals surface area contributed by atoms with Crippen molar-refractivity contribution >= 4 is 23.5 Å². The van der Waals surface area contributed by atoms with E-state index < -0.39 is 0 Å². The summed E-state index contributed by atoms with van der Waals surface area (Å²) in [6, 6.07) is 0. The fraction of sp³-hybridized carbons (Fsp3) is 0.583. The number of anilines is 1. The van der Waals surface area contributed by atoms with Crippen molar-refractivity contribution in [2.75, 3.05) is 18.6 Å². The van der Waals surface area contributed by atoms with Crippen LogP contribution < -0.4 is 5.73 Å². The van der Waals surface area contributed by atoms with Crippen molar-refractivity contribution in [1.82, 2.24) is 9.97 Å². The minimum absolute atomic E-state index is 0.216. The molecular formula is C12H19N3O2S. The molecule has 0 bridgehead atoms. The molecule has 0 aliphatic carbocycles. The molecule has 0 aliphatic heterocycles. The fourth-order valence-electron chi connectivity index (χ4n) is 1.26. The molecule has 0 aliphatic rings. The van der Waals surface area contributed by atoms with E-state index in [2.05, 4.69) is 14.7 Å². The minimum atomic E-state index is -0.216. The monoisotopic (exact) mass is 269 g/mol. The average Bonchev–Trinajstić information content (AvgIpc) is 2.33. The summed E-state index contributed by atoms with van der Waals surface area (Å²) in [5, 5.41) is 0.843. The first-order valence-corrected chi connectivity index (χ1v) is 6.77. The summed E-state index contributed by atoms with van der Waals surface area (Å²) in [5.74, 6) is 1.88. The van der Waals surface area contributed by atoms with Gasteiger partial charge in [-0.15, -0.1) is 11.8 Å². The summed E-state index contributed by atoms with van der Waals surface area (Å²) in [7, 11) is 1.39.